The molecule has 1 spiro atoms. The molecule has 2 atom stereocenters. The van der Waals surface area contributed by atoms with Crippen LogP contribution in [0.3, 0.4) is 0 Å². The normalized spacial score (nSPS) is 27.5. The van der Waals surface area contributed by atoms with Crippen molar-refractivity contribution in [2.75, 3.05) is 7.11 Å². The third-order valence-electron chi connectivity index (χ3n) is 5.30. The Hall–Kier alpha value is -2.08. The van der Waals surface area contributed by atoms with Gasteiger partial charge in [0.05, 0.1) is 13.2 Å². The summed E-state index contributed by atoms with van der Waals surface area (Å²) in [7, 11) is 1.29. The molecular formula is C17H21NO5. The molecule has 2 unspecified atom stereocenters. The molecule has 0 bridgehead atoms. The zero-order chi connectivity index (χ0) is 16.5. The van der Waals surface area contributed by atoms with Gasteiger partial charge in [0.2, 0.25) is 0 Å². The number of aliphatic hydroxyl groups is 1. The van der Waals surface area contributed by atoms with Crippen LogP contribution in [0, 0.1) is 5.41 Å². The molecule has 0 aromatic heterocycles. The summed E-state index contributed by atoms with van der Waals surface area (Å²) in [6, 6.07) is 9.30. The molecule has 1 aromatic rings. The molecule has 6 nitrogen and oxygen atoms in total. The highest BCUT2D eigenvalue weighted by Crippen LogP contribution is 2.62. The SMILES string of the molecule is COC(=O)C1(NC(=O)OCc2ccccc2)CC(O)C12CCC2. The topological polar surface area (TPSA) is 84.9 Å². The van der Waals surface area contributed by atoms with Gasteiger partial charge in [0.25, 0.3) is 0 Å². The summed E-state index contributed by atoms with van der Waals surface area (Å²) >= 11 is 0. The number of benzene rings is 1. The number of ether oxygens (including phenoxy) is 2. The van der Waals surface area contributed by atoms with Gasteiger partial charge in [0.1, 0.15) is 6.61 Å². The van der Waals surface area contributed by atoms with Gasteiger partial charge in [-0.2, -0.15) is 0 Å². The summed E-state index contributed by atoms with van der Waals surface area (Å²) in [5, 5.41) is 12.8. The Labute approximate surface area is 134 Å². The van der Waals surface area contributed by atoms with Crippen molar-refractivity contribution in [2.24, 2.45) is 5.41 Å². The van der Waals surface area contributed by atoms with E-state index < -0.39 is 29.1 Å². The first kappa shape index (κ1) is 15.8. The first-order valence-corrected chi connectivity index (χ1v) is 7.79. The van der Waals surface area contributed by atoms with Crippen LogP contribution in [-0.2, 0) is 20.9 Å². The Kier molecular flexibility index (Phi) is 4.02. The van der Waals surface area contributed by atoms with Gasteiger partial charge in [0, 0.05) is 11.8 Å². The van der Waals surface area contributed by atoms with Gasteiger partial charge in [-0.25, -0.2) is 9.59 Å². The molecule has 23 heavy (non-hydrogen) atoms. The van der Waals surface area contributed by atoms with Gasteiger partial charge >= 0.3 is 12.1 Å². The lowest BCUT2D eigenvalue weighted by molar-refractivity contribution is -0.214. The fraction of sp³-hybridized carbons (Fsp3) is 0.529. The standard InChI is InChI=1S/C17H21NO5/c1-22-14(20)17(10-13(19)16(17)8-5-9-16)18-15(21)23-11-12-6-3-2-4-7-12/h2-4,6-7,13,19H,5,8-11H2,1H3,(H,18,21). The van der Waals surface area contributed by atoms with Crippen LogP contribution in [-0.4, -0.2) is 35.9 Å². The highest BCUT2D eigenvalue weighted by atomic mass is 16.6. The van der Waals surface area contributed by atoms with Crippen molar-refractivity contribution in [1.29, 1.82) is 0 Å². The van der Waals surface area contributed by atoms with Gasteiger partial charge in [-0.15, -0.1) is 0 Å². The number of amides is 1. The number of carbonyl (C=O) groups excluding carboxylic acids is 2. The lowest BCUT2D eigenvalue weighted by Crippen LogP contribution is -2.79. The molecule has 1 aromatic carbocycles. The molecule has 6 heteroatoms. The number of methoxy groups -OCH3 is 1. The van der Waals surface area contributed by atoms with Crippen molar-refractivity contribution in [3.63, 3.8) is 0 Å². The molecule has 2 N–H and O–H groups in total. The van der Waals surface area contributed by atoms with Crippen LogP contribution < -0.4 is 5.32 Å². The van der Waals surface area contributed by atoms with Crippen LogP contribution >= 0.6 is 0 Å². The summed E-state index contributed by atoms with van der Waals surface area (Å²) < 4.78 is 10.1. The van der Waals surface area contributed by atoms with Crippen molar-refractivity contribution in [2.45, 2.75) is 43.9 Å². The molecule has 0 radical (unpaired) electrons. The zero-order valence-electron chi connectivity index (χ0n) is 13.1. The highest BCUT2D eigenvalue weighted by molar-refractivity contribution is 5.89. The average Bonchev–Trinajstić information content (AvgIpc) is 2.50. The van der Waals surface area contributed by atoms with E-state index >= 15 is 0 Å². The lowest BCUT2D eigenvalue weighted by atomic mass is 9.43. The van der Waals surface area contributed by atoms with E-state index in [1.165, 1.54) is 7.11 Å². The minimum Gasteiger partial charge on any atom is -0.467 e. The van der Waals surface area contributed by atoms with Gasteiger partial charge < -0.3 is 19.9 Å². The van der Waals surface area contributed by atoms with Gasteiger partial charge in [-0.05, 0) is 18.4 Å². The third-order valence-corrected chi connectivity index (χ3v) is 5.30. The van der Waals surface area contributed by atoms with E-state index in [0.29, 0.717) is 12.8 Å². The maximum absolute atomic E-state index is 12.3. The summed E-state index contributed by atoms with van der Waals surface area (Å²) in [6.45, 7) is 0.124. The number of alkyl carbamates (subject to hydrolysis) is 1. The van der Waals surface area contributed by atoms with E-state index in [4.69, 9.17) is 9.47 Å². The smallest absolute Gasteiger partial charge is 0.408 e. The van der Waals surface area contributed by atoms with E-state index in [2.05, 4.69) is 5.32 Å². The van der Waals surface area contributed by atoms with Crippen molar-refractivity contribution in [3.8, 4) is 0 Å². The molecule has 0 aliphatic heterocycles. The van der Waals surface area contributed by atoms with Crippen LogP contribution in [0.1, 0.15) is 31.2 Å². The fourth-order valence-corrected chi connectivity index (χ4v) is 3.78. The van der Waals surface area contributed by atoms with E-state index in [9.17, 15) is 14.7 Å². The number of nitrogens with one attached hydrogen (secondary N) is 1. The van der Waals surface area contributed by atoms with Crippen LogP contribution in [0.5, 0.6) is 0 Å². The molecular weight excluding hydrogens is 298 g/mol. The quantitative estimate of drug-likeness (QED) is 0.826. The second kappa shape index (κ2) is 5.85. The van der Waals surface area contributed by atoms with Crippen molar-refractivity contribution in [3.05, 3.63) is 35.9 Å². The fourth-order valence-electron chi connectivity index (χ4n) is 3.78. The maximum Gasteiger partial charge on any atom is 0.408 e. The van der Waals surface area contributed by atoms with E-state index in [1.54, 1.807) is 0 Å². The Morgan fingerprint density at radius 3 is 2.52 bits per heavy atom. The number of hydrogen-bond acceptors (Lipinski definition) is 5. The first-order chi connectivity index (χ1) is 11.0. The summed E-state index contributed by atoms with van der Waals surface area (Å²) in [4.78, 5) is 24.4. The summed E-state index contributed by atoms with van der Waals surface area (Å²) in [5.41, 5.74) is -0.916. The summed E-state index contributed by atoms with van der Waals surface area (Å²) in [6.07, 6.45) is 1.23. The number of hydrogen-bond donors (Lipinski definition) is 2. The summed E-state index contributed by atoms with van der Waals surface area (Å²) in [5.74, 6) is -0.515. The largest absolute Gasteiger partial charge is 0.467 e. The predicted molar refractivity (Wildman–Crippen MR) is 81.4 cm³/mol. The minimum absolute atomic E-state index is 0.124. The highest BCUT2D eigenvalue weighted by Gasteiger charge is 2.72. The zero-order valence-corrected chi connectivity index (χ0v) is 13.1. The Morgan fingerprint density at radius 2 is 2.00 bits per heavy atom. The van der Waals surface area contributed by atoms with E-state index in [-0.39, 0.29) is 13.0 Å². The van der Waals surface area contributed by atoms with Gasteiger partial charge in [-0.3, -0.25) is 0 Å². The molecule has 1 amide bonds. The van der Waals surface area contributed by atoms with Crippen molar-refractivity contribution >= 4 is 12.1 Å². The Morgan fingerprint density at radius 1 is 1.30 bits per heavy atom. The van der Waals surface area contributed by atoms with Crippen LogP contribution in [0.2, 0.25) is 0 Å². The average molecular weight is 319 g/mol. The molecule has 2 aliphatic rings. The molecule has 2 fully saturated rings. The van der Waals surface area contributed by atoms with Crippen LogP contribution in [0.15, 0.2) is 30.3 Å². The van der Waals surface area contributed by atoms with E-state index in [0.717, 1.165) is 12.0 Å². The number of rotatable bonds is 4. The molecule has 3 rings (SSSR count). The Balaban J connectivity index is 1.68. The second-order valence-electron chi connectivity index (χ2n) is 6.31. The molecule has 2 aliphatic carbocycles. The van der Waals surface area contributed by atoms with Crippen LogP contribution in [0.4, 0.5) is 4.79 Å². The third kappa shape index (κ3) is 2.37. The van der Waals surface area contributed by atoms with E-state index in [1.807, 2.05) is 30.3 Å². The predicted octanol–water partition coefficient (Wildman–Crippen LogP) is 1.76. The van der Waals surface area contributed by atoms with Gasteiger partial charge in [-0.1, -0.05) is 36.8 Å². The first-order valence-electron chi connectivity index (χ1n) is 7.79. The monoisotopic (exact) mass is 319 g/mol. The molecule has 124 valence electrons. The van der Waals surface area contributed by atoms with Crippen molar-refractivity contribution in [1.82, 2.24) is 5.32 Å². The second-order valence-corrected chi connectivity index (χ2v) is 6.31. The molecule has 0 heterocycles. The van der Waals surface area contributed by atoms with Crippen LogP contribution in [0.25, 0.3) is 0 Å². The number of carbonyl (C=O) groups is 2. The lowest BCUT2D eigenvalue weighted by Gasteiger charge is -2.64. The Bertz CT molecular complexity index is 598. The minimum atomic E-state index is -1.17. The van der Waals surface area contributed by atoms with Crippen molar-refractivity contribution < 1.29 is 24.2 Å². The molecule has 2 saturated carbocycles. The number of aliphatic hydroxyl groups excluding tert-OH is 1. The molecule has 0 saturated heterocycles. The maximum atomic E-state index is 12.3. The van der Waals surface area contributed by atoms with Gasteiger partial charge in [0.15, 0.2) is 5.54 Å². The number of esters is 1.